The van der Waals surface area contributed by atoms with E-state index in [1.165, 1.54) is 87.2 Å². The second-order valence-corrected chi connectivity index (χ2v) is 24.1. The van der Waals surface area contributed by atoms with Crippen molar-refractivity contribution < 1.29 is 8.83 Å². The summed E-state index contributed by atoms with van der Waals surface area (Å²) in [6.45, 7) is 0. The van der Waals surface area contributed by atoms with Gasteiger partial charge in [0.15, 0.2) is 11.2 Å². The van der Waals surface area contributed by atoms with Crippen LogP contribution in [0.4, 0.5) is 0 Å². The molecule has 0 amide bonds. The highest BCUT2D eigenvalue weighted by atomic mass is 35.5. The van der Waals surface area contributed by atoms with Crippen molar-refractivity contribution in [2.24, 2.45) is 0 Å². The molecule has 1 aliphatic rings. The first-order valence-corrected chi connectivity index (χ1v) is 31.6. The molecular weight excluding hydrogens is 1160 g/mol. The van der Waals surface area contributed by atoms with Gasteiger partial charge in [-0.1, -0.05) is 255 Å². The van der Waals surface area contributed by atoms with Crippen LogP contribution < -0.4 is 0 Å². The molecule has 14 aromatic carbocycles. The van der Waals surface area contributed by atoms with Gasteiger partial charge in [-0.15, -0.1) is 0 Å². The monoisotopic (exact) mass is 1210 g/mol. The maximum Gasteiger partial charge on any atom is 0.236 e. The number of benzene rings is 14. The van der Waals surface area contributed by atoms with Gasteiger partial charge in [0, 0.05) is 32.7 Å². The van der Waals surface area contributed by atoms with E-state index in [1.807, 2.05) is 78.9 Å². The Hall–Kier alpha value is -12.0. The Morgan fingerprint density at radius 2 is 0.763 bits per heavy atom. The van der Waals surface area contributed by atoms with Crippen LogP contribution >= 0.6 is 11.6 Å². The van der Waals surface area contributed by atoms with E-state index in [-0.39, 0.29) is 5.28 Å². The highest BCUT2D eigenvalue weighted by molar-refractivity contribution is 6.29. The topological polar surface area (TPSA) is 82.8 Å². The number of hydrogen-bond donors (Lipinski definition) is 0. The lowest BCUT2D eigenvalue weighted by Gasteiger charge is -2.10. The molecule has 8 heteroatoms. The molecule has 0 radical (unpaired) electrons. The van der Waals surface area contributed by atoms with Gasteiger partial charge in [0.05, 0.1) is 11.0 Å². The minimum atomic E-state index is 0.214. The largest absolute Gasteiger partial charge is 0.452 e. The van der Waals surface area contributed by atoms with Crippen molar-refractivity contribution in [2.45, 2.75) is 6.42 Å². The number of nitrogens with zero attached hydrogens (tertiary/aromatic N) is 5. The first-order valence-electron chi connectivity index (χ1n) is 31.2. The molecule has 0 unspecified atom stereocenters. The lowest BCUT2D eigenvalue weighted by Crippen LogP contribution is -2.03. The average Bonchev–Trinajstić information content (AvgIpc) is 1.61. The van der Waals surface area contributed by atoms with Crippen LogP contribution in [0.5, 0.6) is 0 Å². The molecule has 436 valence electrons. The van der Waals surface area contributed by atoms with E-state index in [1.54, 1.807) is 0 Å². The van der Waals surface area contributed by atoms with E-state index < -0.39 is 0 Å². The summed E-state index contributed by atoms with van der Waals surface area (Å²) in [5, 5.41) is 14.7. The molecule has 0 saturated carbocycles. The van der Waals surface area contributed by atoms with Crippen LogP contribution in [0.15, 0.2) is 312 Å². The molecule has 0 fully saturated rings. The summed E-state index contributed by atoms with van der Waals surface area (Å²) in [6, 6.07) is 106. The Balaban J connectivity index is 0.000000114. The van der Waals surface area contributed by atoms with Crippen molar-refractivity contribution in [1.29, 1.82) is 0 Å². The second-order valence-electron chi connectivity index (χ2n) is 23.7. The molecule has 0 bridgehead atoms. The molecule has 19 aromatic rings. The molecular formula is C85H52ClN5O2. The van der Waals surface area contributed by atoms with E-state index in [9.17, 15) is 0 Å². The van der Waals surface area contributed by atoms with E-state index in [0.29, 0.717) is 22.8 Å². The molecule has 0 aliphatic heterocycles. The molecule has 93 heavy (non-hydrogen) atoms. The number of rotatable bonds is 5. The summed E-state index contributed by atoms with van der Waals surface area (Å²) in [5.74, 6) is 0.617. The fourth-order valence-corrected chi connectivity index (χ4v) is 14.0. The highest BCUT2D eigenvalue weighted by Crippen LogP contribution is 2.45. The lowest BCUT2D eigenvalue weighted by atomic mass is 9.96. The number of hydrogen-bond acceptors (Lipinski definition) is 6. The van der Waals surface area contributed by atoms with Gasteiger partial charge in [-0.3, -0.25) is 4.57 Å². The highest BCUT2D eigenvalue weighted by Gasteiger charge is 2.25. The molecule has 20 rings (SSSR count). The zero-order chi connectivity index (χ0) is 61.5. The van der Waals surface area contributed by atoms with Gasteiger partial charge >= 0.3 is 0 Å². The van der Waals surface area contributed by atoms with Gasteiger partial charge in [-0.25, -0.2) is 19.9 Å². The van der Waals surface area contributed by atoms with Gasteiger partial charge in [-0.2, -0.15) is 0 Å². The van der Waals surface area contributed by atoms with Crippen molar-refractivity contribution in [3.63, 3.8) is 0 Å². The fraction of sp³-hybridized carbons (Fsp3) is 0.0118. The van der Waals surface area contributed by atoms with Crippen LogP contribution in [0.3, 0.4) is 0 Å². The Morgan fingerprint density at radius 1 is 0.312 bits per heavy atom. The summed E-state index contributed by atoms with van der Waals surface area (Å²) in [4.78, 5) is 19.4. The van der Waals surface area contributed by atoms with Gasteiger partial charge < -0.3 is 8.83 Å². The predicted octanol–water partition coefficient (Wildman–Crippen LogP) is 23.0. The van der Waals surface area contributed by atoms with E-state index >= 15 is 0 Å². The fourth-order valence-electron chi connectivity index (χ4n) is 13.9. The van der Waals surface area contributed by atoms with Gasteiger partial charge in [-0.05, 0) is 154 Å². The third-order valence-electron chi connectivity index (χ3n) is 18.3. The number of aromatic nitrogens is 5. The van der Waals surface area contributed by atoms with E-state index in [2.05, 4.69) is 239 Å². The van der Waals surface area contributed by atoms with Crippen molar-refractivity contribution in [1.82, 2.24) is 24.5 Å². The molecule has 0 atom stereocenters. The minimum absolute atomic E-state index is 0.214. The zero-order valence-electron chi connectivity index (χ0n) is 50.0. The van der Waals surface area contributed by atoms with Crippen LogP contribution in [-0.2, 0) is 6.42 Å². The van der Waals surface area contributed by atoms with Gasteiger partial charge in [0.25, 0.3) is 0 Å². The quantitative estimate of drug-likeness (QED) is 0.160. The Morgan fingerprint density at radius 3 is 1.38 bits per heavy atom. The third kappa shape index (κ3) is 9.35. The number of halogens is 1. The average molecular weight is 1210 g/mol. The maximum atomic E-state index is 6.48. The molecule has 0 N–H and O–H groups in total. The smallest absolute Gasteiger partial charge is 0.236 e. The van der Waals surface area contributed by atoms with Crippen molar-refractivity contribution in [3.8, 4) is 61.8 Å². The van der Waals surface area contributed by atoms with Crippen molar-refractivity contribution in [2.75, 3.05) is 0 Å². The molecule has 0 saturated heterocycles. The molecule has 0 spiro atoms. The lowest BCUT2D eigenvalue weighted by molar-refractivity contribution is 0.666. The minimum Gasteiger partial charge on any atom is -0.452 e. The molecule has 5 heterocycles. The number of para-hydroxylation sites is 2. The first-order chi connectivity index (χ1) is 46.0. The zero-order valence-corrected chi connectivity index (χ0v) is 50.8. The van der Waals surface area contributed by atoms with Crippen LogP contribution in [0.2, 0.25) is 5.28 Å². The number of furan rings is 2. The Labute approximate surface area is 538 Å². The predicted molar refractivity (Wildman–Crippen MR) is 384 cm³/mol. The second kappa shape index (κ2) is 22.2. The van der Waals surface area contributed by atoms with Crippen LogP contribution in [0, 0.1) is 0 Å². The third-order valence-corrected chi connectivity index (χ3v) is 18.5. The summed E-state index contributed by atoms with van der Waals surface area (Å²) in [7, 11) is 0. The van der Waals surface area contributed by atoms with Crippen molar-refractivity contribution in [3.05, 3.63) is 320 Å². The van der Waals surface area contributed by atoms with Gasteiger partial charge in [0.2, 0.25) is 11.2 Å². The van der Waals surface area contributed by atoms with Crippen LogP contribution in [-0.4, -0.2) is 24.5 Å². The Bertz CT molecular complexity index is 6150. The SMILES string of the molecule is Clc1nc(-c2ccc(-c3ccccc3)cc2)c2oc3ccccc3c2n1.c1ccc(-c2ccc(-c3nc(-n4c5cc6ccccc6cc5c5c6ccccc6ccc54)nc4c3oc3ccccc34)cc2)cc1.c1ccc2cc3c(cc2c1)Cc1ccc2ccccc2c1-3. The standard InChI is InChI=1S/C42H25N3O.C22H13ClN2O.C21H14/c1-2-10-26(11-3-1)27-18-20-29(21-19-27)39-41-40(33-16-8-9-17-37(33)46-41)44-42(43-39)45-35-23-22-28-12-6-7-15-32(28)38(35)34-24-30-13-4-5-14-31(30)25-36(34)45;23-22-24-19(21-20(25-22)17-8-4-5-9-18(17)26-21)16-12-10-15(11-13-16)14-6-2-1-3-7-14;1-2-7-16-13-20-18(11-15(16)6-1)12-17-10-9-14-5-3-4-8-19(14)21(17)20/h1-25H;1-13H;1-11,13H,12H2. The molecule has 5 aromatic heterocycles. The summed E-state index contributed by atoms with van der Waals surface area (Å²) < 4.78 is 14.7. The summed E-state index contributed by atoms with van der Waals surface area (Å²) in [6.07, 6.45) is 1.06. The summed E-state index contributed by atoms with van der Waals surface area (Å²) >= 11 is 6.19. The first kappa shape index (κ1) is 54.0. The van der Waals surface area contributed by atoms with Crippen molar-refractivity contribution >= 4 is 121 Å². The maximum absolute atomic E-state index is 6.48. The summed E-state index contributed by atoms with van der Waals surface area (Å²) in [5.41, 5.74) is 20.4. The van der Waals surface area contributed by atoms with Crippen LogP contribution in [0.25, 0.3) is 171 Å². The molecule has 7 nitrogen and oxygen atoms in total. The van der Waals surface area contributed by atoms with Crippen LogP contribution in [0.1, 0.15) is 11.1 Å². The van der Waals surface area contributed by atoms with Gasteiger partial charge in [0.1, 0.15) is 33.6 Å². The molecule has 1 aliphatic carbocycles. The van der Waals surface area contributed by atoms with E-state index in [4.69, 9.17) is 30.4 Å². The Kier molecular flexibility index (Phi) is 12.9. The number of fused-ring (bicyclic) bond motifs is 18. The normalized spacial score (nSPS) is 11.9. The van der Waals surface area contributed by atoms with E-state index in [0.717, 1.165) is 78.4 Å².